The van der Waals surface area contributed by atoms with Crippen molar-refractivity contribution in [2.75, 3.05) is 19.5 Å². The van der Waals surface area contributed by atoms with Gasteiger partial charge in [0, 0.05) is 25.3 Å². The molecule has 0 saturated carbocycles. The molecule has 0 aliphatic carbocycles. The number of benzene rings is 1. The SMILES string of the molecule is CN1CNN=C1c1cnn(C)c1-c1cccc(N)c1. The zero-order valence-electron chi connectivity index (χ0n) is 11.0. The molecule has 6 heteroatoms. The molecule has 0 amide bonds. The van der Waals surface area contributed by atoms with Gasteiger partial charge in [-0.3, -0.25) is 10.1 Å². The molecule has 3 N–H and O–H groups in total. The number of aromatic nitrogens is 2. The van der Waals surface area contributed by atoms with Crippen molar-refractivity contribution in [1.82, 2.24) is 20.1 Å². The highest BCUT2D eigenvalue weighted by molar-refractivity contribution is 6.04. The first-order valence-electron chi connectivity index (χ1n) is 6.07. The molecule has 98 valence electrons. The molecule has 0 unspecified atom stereocenters. The monoisotopic (exact) mass is 256 g/mol. The molecule has 0 atom stereocenters. The lowest BCUT2D eigenvalue weighted by molar-refractivity contribution is 0.507. The molecule has 1 aliphatic rings. The van der Waals surface area contributed by atoms with Crippen molar-refractivity contribution in [2.24, 2.45) is 12.1 Å². The van der Waals surface area contributed by atoms with Crippen LogP contribution in [-0.2, 0) is 7.05 Å². The Morgan fingerprint density at radius 2 is 2.16 bits per heavy atom. The Labute approximate surface area is 111 Å². The molecule has 1 aromatic carbocycles. The predicted octanol–water partition coefficient (Wildman–Crippen LogP) is 0.823. The number of anilines is 1. The summed E-state index contributed by atoms with van der Waals surface area (Å²) in [6.45, 7) is 0.709. The maximum atomic E-state index is 5.86. The number of nitrogen functional groups attached to an aromatic ring is 1. The molecule has 0 radical (unpaired) electrons. The van der Waals surface area contributed by atoms with Crippen LogP contribution in [0.25, 0.3) is 11.3 Å². The number of hydrazone groups is 1. The van der Waals surface area contributed by atoms with Crippen molar-refractivity contribution in [3.8, 4) is 11.3 Å². The summed E-state index contributed by atoms with van der Waals surface area (Å²) in [6, 6.07) is 7.80. The van der Waals surface area contributed by atoms with E-state index in [-0.39, 0.29) is 0 Å². The van der Waals surface area contributed by atoms with Crippen molar-refractivity contribution < 1.29 is 0 Å². The third kappa shape index (κ3) is 1.91. The molecule has 0 bridgehead atoms. The Morgan fingerprint density at radius 3 is 2.84 bits per heavy atom. The highest BCUT2D eigenvalue weighted by Crippen LogP contribution is 2.26. The Balaban J connectivity index is 2.14. The summed E-state index contributed by atoms with van der Waals surface area (Å²) in [4.78, 5) is 2.05. The minimum Gasteiger partial charge on any atom is -0.399 e. The van der Waals surface area contributed by atoms with Crippen LogP contribution in [0, 0.1) is 0 Å². The molecule has 6 nitrogen and oxygen atoms in total. The molecule has 0 spiro atoms. The lowest BCUT2D eigenvalue weighted by atomic mass is 10.1. The molecule has 2 heterocycles. The van der Waals surface area contributed by atoms with Crippen molar-refractivity contribution in [2.45, 2.75) is 0 Å². The van der Waals surface area contributed by atoms with Gasteiger partial charge in [-0.05, 0) is 12.1 Å². The number of nitrogens with two attached hydrogens (primary N) is 1. The summed E-state index contributed by atoms with van der Waals surface area (Å²) < 4.78 is 1.85. The van der Waals surface area contributed by atoms with Gasteiger partial charge in [-0.1, -0.05) is 12.1 Å². The maximum Gasteiger partial charge on any atom is 0.160 e. The lowest BCUT2D eigenvalue weighted by Crippen LogP contribution is -2.25. The van der Waals surface area contributed by atoms with Gasteiger partial charge in [0.05, 0.1) is 17.5 Å². The summed E-state index contributed by atoms with van der Waals surface area (Å²) in [5, 5.41) is 8.66. The Bertz CT molecular complexity index is 642. The van der Waals surface area contributed by atoms with Crippen LogP contribution >= 0.6 is 0 Å². The number of nitrogens with one attached hydrogen (secondary N) is 1. The second-order valence-electron chi connectivity index (χ2n) is 4.61. The van der Waals surface area contributed by atoms with E-state index in [4.69, 9.17) is 5.73 Å². The van der Waals surface area contributed by atoms with Crippen LogP contribution in [-0.4, -0.2) is 34.2 Å². The van der Waals surface area contributed by atoms with E-state index in [0.717, 1.165) is 28.3 Å². The fourth-order valence-electron chi connectivity index (χ4n) is 2.27. The molecule has 3 rings (SSSR count). The first-order valence-corrected chi connectivity index (χ1v) is 6.07. The fraction of sp³-hybridized carbons (Fsp3) is 0.231. The number of hydrogen-bond acceptors (Lipinski definition) is 5. The number of aryl methyl sites for hydroxylation is 1. The molecular weight excluding hydrogens is 240 g/mol. The van der Waals surface area contributed by atoms with Crippen LogP contribution in [0.5, 0.6) is 0 Å². The van der Waals surface area contributed by atoms with Crippen molar-refractivity contribution >= 4 is 11.5 Å². The van der Waals surface area contributed by atoms with Crippen LogP contribution < -0.4 is 11.2 Å². The zero-order valence-corrected chi connectivity index (χ0v) is 11.0. The molecule has 1 aliphatic heterocycles. The van der Waals surface area contributed by atoms with Gasteiger partial charge in [0.2, 0.25) is 0 Å². The van der Waals surface area contributed by atoms with Gasteiger partial charge >= 0.3 is 0 Å². The van der Waals surface area contributed by atoms with Gasteiger partial charge in [0.1, 0.15) is 6.67 Å². The third-order valence-electron chi connectivity index (χ3n) is 3.19. The Kier molecular flexibility index (Phi) is 2.63. The summed E-state index contributed by atoms with van der Waals surface area (Å²) >= 11 is 0. The van der Waals surface area contributed by atoms with Crippen molar-refractivity contribution in [1.29, 1.82) is 0 Å². The van der Waals surface area contributed by atoms with E-state index in [2.05, 4.69) is 15.6 Å². The third-order valence-corrected chi connectivity index (χ3v) is 3.19. The molecule has 1 aromatic heterocycles. The highest BCUT2D eigenvalue weighted by atomic mass is 15.5. The summed E-state index contributed by atoms with van der Waals surface area (Å²) in [5.74, 6) is 0.894. The van der Waals surface area contributed by atoms with E-state index in [9.17, 15) is 0 Å². The number of rotatable bonds is 2. The second-order valence-corrected chi connectivity index (χ2v) is 4.61. The Morgan fingerprint density at radius 1 is 1.32 bits per heavy atom. The molecule has 0 saturated heterocycles. The topological polar surface area (TPSA) is 71.5 Å². The van der Waals surface area contributed by atoms with E-state index >= 15 is 0 Å². The number of amidine groups is 1. The highest BCUT2D eigenvalue weighted by Gasteiger charge is 2.21. The van der Waals surface area contributed by atoms with Gasteiger partial charge in [0.15, 0.2) is 5.84 Å². The van der Waals surface area contributed by atoms with Crippen molar-refractivity contribution in [3.63, 3.8) is 0 Å². The minimum atomic E-state index is 0.709. The number of hydrogen-bond donors (Lipinski definition) is 2. The van der Waals surface area contributed by atoms with Crippen LogP contribution in [0.15, 0.2) is 35.6 Å². The van der Waals surface area contributed by atoms with Gasteiger partial charge in [-0.2, -0.15) is 10.2 Å². The van der Waals surface area contributed by atoms with Crippen LogP contribution in [0.2, 0.25) is 0 Å². The van der Waals surface area contributed by atoms with Crippen LogP contribution in [0.4, 0.5) is 5.69 Å². The zero-order chi connectivity index (χ0) is 13.4. The van der Waals surface area contributed by atoms with Gasteiger partial charge in [-0.15, -0.1) is 0 Å². The first-order chi connectivity index (χ1) is 9.16. The fourth-order valence-corrected chi connectivity index (χ4v) is 2.27. The van der Waals surface area contributed by atoms with Gasteiger partial charge in [0.25, 0.3) is 0 Å². The van der Waals surface area contributed by atoms with E-state index in [1.54, 1.807) is 0 Å². The summed E-state index contributed by atoms with van der Waals surface area (Å²) in [5.41, 5.74) is 12.6. The standard InChI is InChI=1S/C13H16N6/c1-18-8-15-17-13(18)11-7-16-19(2)12(11)9-4-3-5-10(14)6-9/h3-7,15H,8,14H2,1-2H3. The lowest BCUT2D eigenvalue weighted by Gasteiger charge is -2.13. The van der Waals surface area contributed by atoms with Crippen LogP contribution in [0.3, 0.4) is 0 Å². The smallest absolute Gasteiger partial charge is 0.160 e. The van der Waals surface area contributed by atoms with Crippen LogP contribution in [0.1, 0.15) is 5.56 Å². The maximum absolute atomic E-state index is 5.86. The molecular formula is C13H16N6. The normalized spacial score (nSPS) is 14.4. The van der Waals surface area contributed by atoms with E-state index in [1.807, 2.05) is 54.1 Å². The molecule has 2 aromatic rings. The predicted molar refractivity (Wildman–Crippen MR) is 75.4 cm³/mol. The second kappa shape index (κ2) is 4.31. The minimum absolute atomic E-state index is 0.709. The van der Waals surface area contributed by atoms with Gasteiger partial charge in [-0.25, -0.2) is 0 Å². The molecule has 19 heavy (non-hydrogen) atoms. The summed E-state index contributed by atoms with van der Waals surface area (Å²) in [6.07, 6.45) is 1.83. The van der Waals surface area contributed by atoms with E-state index in [0.29, 0.717) is 6.67 Å². The number of nitrogens with zero attached hydrogens (tertiary/aromatic N) is 4. The first kappa shape index (κ1) is 11.6. The average molecular weight is 256 g/mol. The van der Waals surface area contributed by atoms with Crippen molar-refractivity contribution in [3.05, 3.63) is 36.0 Å². The summed E-state index contributed by atoms with van der Waals surface area (Å²) in [7, 11) is 3.92. The average Bonchev–Trinajstić information content (AvgIpc) is 2.95. The van der Waals surface area contributed by atoms with E-state index < -0.39 is 0 Å². The van der Waals surface area contributed by atoms with E-state index in [1.165, 1.54) is 0 Å². The largest absolute Gasteiger partial charge is 0.399 e. The van der Waals surface area contributed by atoms with Gasteiger partial charge < -0.3 is 10.6 Å². The quantitative estimate of drug-likeness (QED) is 0.780. The molecule has 0 fully saturated rings. The Hall–Kier alpha value is -2.50.